The number of morpholine rings is 1. The summed E-state index contributed by atoms with van der Waals surface area (Å²) in [5, 5.41) is 0. The molecule has 0 aliphatic carbocycles. The summed E-state index contributed by atoms with van der Waals surface area (Å²) >= 11 is 0. The summed E-state index contributed by atoms with van der Waals surface area (Å²) in [6, 6.07) is 10.5. The zero-order valence-electron chi connectivity index (χ0n) is 16.4. The Bertz CT molecular complexity index is 812. The SMILES string of the molecule is COC(=O)CC(=O)c1ccc(OCC2CN(C/C=C\c3ccco3)CCO2)cc1. The molecule has 0 N–H and O–H groups in total. The van der Waals surface area contributed by atoms with Crippen LogP contribution >= 0.6 is 0 Å². The lowest BCUT2D eigenvalue weighted by molar-refractivity contribution is -0.139. The molecule has 3 rings (SSSR count). The van der Waals surface area contributed by atoms with Gasteiger partial charge in [-0.25, -0.2) is 0 Å². The maximum atomic E-state index is 11.9. The molecule has 2 aromatic rings. The molecule has 1 fully saturated rings. The van der Waals surface area contributed by atoms with Crippen molar-refractivity contribution in [3.05, 3.63) is 60.1 Å². The van der Waals surface area contributed by atoms with Gasteiger partial charge in [0.15, 0.2) is 5.78 Å². The summed E-state index contributed by atoms with van der Waals surface area (Å²) in [5.41, 5.74) is 0.450. The molecule has 1 atom stereocenters. The Morgan fingerprint density at radius 1 is 1.24 bits per heavy atom. The van der Waals surface area contributed by atoms with Crippen molar-refractivity contribution < 1.29 is 28.2 Å². The van der Waals surface area contributed by atoms with Gasteiger partial charge in [-0.1, -0.05) is 6.08 Å². The van der Waals surface area contributed by atoms with Crippen LogP contribution in [0.5, 0.6) is 5.75 Å². The normalized spacial score (nSPS) is 17.3. The highest BCUT2D eigenvalue weighted by molar-refractivity contribution is 6.05. The molecular formula is C22H25NO6. The number of methoxy groups -OCH3 is 1. The number of furan rings is 1. The molecule has 0 saturated carbocycles. The van der Waals surface area contributed by atoms with Gasteiger partial charge in [-0.15, -0.1) is 0 Å². The van der Waals surface area contributed by atoms with Crippen LogP contribution in [0, 0.1) is 0 Å². The third kappa shape index (κ3) is 6.58. The molecule has 1 aliphatic rings. The van der Waals surface area contributed by atoms with Crippen molar-refractivity contribution >= 4 is 17.8 Å². The topological polar surface area (TPSA) is 78.2 Å². The van der Waals surface area contributed by atoms with Gasteiger partial charge in [0.25, 0.3) is 0 Å². The first kappa shape index (κ1) is 20.8. The van der Waals surface area contributed by atoms with Crippen LogP contribution < -0.4 is 4.74 Å². The standard InChI is InChI=1S/C22H25NO6/c1-26-22(25)14-21(24)17-6-8-19(9-7-17)29-16-20-15-23(11-13-28-20)10-2-4-18-5-3-12-27-18/h2-9,12,20H,10-11,13-16H2,1H3/b4-2-. The predicted octanol–water partition coefficient (Wildman–Crippen LogP) is 2.82. The van der Waals surface area contributed by atoms with Crippen LogP contribution in [0.2, 0.25) is 0 Å². The number of hydrogen-bond acceptors (Lipinski definition) is 7. The van der Waals surface area contributed by atoms with Crippen LogP contribution in [0.25, 0.3) is 6.08 Å². The van der Waals surface area contributed by atoms with Gasteiger partial charge in [-0.2, -0.15) is 0 Å². The van der Waals surface area contributed by atoms with E-state index < -0.39 is 5.97 Å². The van der Waals surface area contributed by atoms with E-state index in [1.54, 1.807) is 30.5 Å². The lowest BCUT2D eigenvalue weighted by Gasteiger charge is -2.32. The minimum absolute atomic E-state index is 0.0265. The van der Waals surface area contributed by atoms with E-state index in [0.717, 1.165) is 25.4 Å². The Morgan fingerprint density at radius 3 is 2.79 bits per heavy atom. The Labute approximate surface area is 169 Å². The van der Waals surface area contributed by atoms with Crippen LogP contribution in [0.15, 0.2) is 53.2 Å². The lowest BCUT2D eigenvalue weighted by Crippen LogP contribution is -2.44. The van der Waals surface area contributed by atoms with Crippen LogP contribution in [0.4, 0.5) is 0 Å². The van der Waals surface area contributed by atoms with Crippen molar-refractivity contribution in [1.29, 1.82) is 0 Å². The van der Waals surface area contributed by atoms with Gasteiger partial charge in [-0.05, 0) is 42.5 Å². The molecule has 1 saturated heterocycles. The van der Waals surface area contributed by atoms with Crippen molar-refractivity contribution in [3.8, 4) is 5.75 Å². The van der Waals surface area contributed by atoms with E-state index in [0.29, 0.717) is 24.5 Å². The zero-order chi connectivity index (χ0) is 20.5. The second kappa shape index (κ2) is 10.6. The first-order valence-corrected chi connectivity index (χ1v) is 9.51. The highest BCUT2D eigenvalue weighted by Gasteiger charge is 2.20. The van der Waals surface area contributed by atoms with Gasteiger partial charge < -0.3 is 18.6 Å². The summed E-state index contributed by atoms with van der Waals surface area (Å²) < 4.78 is 21.4. The fourth-order valence-electron chi connectivity index (χ4n) is 2.98. The molecule has 1 aliphatic heterocycles. The van der Waals surface area contributed by atoms with Gasteiger partial charge in [0, 0.05) is 25.2 Å². The van der Waals surface area contributed by atoms with Crippen LogP contribution in [-0.2, 0) is 14.3 Å². The second-order valence-corrected chi connectivity index (χ2v) is 6.68. The van der Waals surface area contributed by atoms with Gasteiger partial charge in [-0.3, -0.25) is 14.5 Å². The number of rotatable bonds is 9. The van der Waals surface area contributed by atoms with Crippen molar-refractivity contribution in [2.75, 3.05) is 40.0 Å². The highest BCUT2D eigenvalue weighted by Crippen LogP contribution is 2.15. The number of hydrogen-bond donors (Lipinski definition) is 0. The Morgan fingerprint density at radius 2 is 2.07 bits per heavy atom. The van der Waals surface area contributed by atoms with Crippen molar-refractivity contribution in [2.24, 2.45) is 0 Å². The minimum Gasteiger partial charge on any atom is -0.491 e. The van der Waals surface area contributed by atoms with Crippen LogP contribution in [0.1, 0.15) is 22.5 Å². The Hall–Kier alpha value is -2.90. The largest absolute Gasteiger partial charge is 0.491 e. The van der Waals surface area contributed by atoms with E-state index in [2.05, 4.69) is 15.7 Å². The smallest absolute Gasteiger partial charge is 0.313 e. The maximum absolute atomic E-state index is 11.9. The van der Waals surface area contributed by atoms with Gasteiger partial charge in [0.05, 0.1) is 20.0 Å². The van der Waals surface area contributed by atoms with E-state index in [9.17, 15) is 9.59 Å². The van der Waals surface area contributed by atoms with Gasteiger partial charge >= 0.3 is 5.97 Å². The number of ether oxygens (including phenoxy) is 3. The minimum atomic E-state index is -0.548. The average Bonchev–Trinajstić information content (AvgIpc) is 3.26. The molecule has 7 nitrogen and oxygen atoms in total. The number of carbonyl (C=O) groups excluding carboxylic acids is 2. The Balaban J connectivity index is 1.43. The van der Waals surface area contributed by atoms with E-state index in [-0.39, 0.29) is 18.3 Å². The van der Waals surface area contributed by atoms with E-state index in [1.165, 1.54) is 7.11 Å². The number of esters is 1. The first-order valence-electron chi connectivity index (χ1n) is 9.51. The molecule has 154 valence electrons. The van der Waals surface area contributed by atoms with E-state index >= 15 is 0 Å². The molecule has 1 aromatic carbocycles. The van der Waals surface area contributed by atoms with Gasteiger partial charge in [0.2, 0.25) is 0 Å². The predicted molar refractivity (Wildman–Crippen MR) is 107 cm³/mol. The summed E-state index contributed by atoms with van der Waals surface area (Å²) in [6.07, 6.45) is 5.40. The maximum Gasteiger partial charge on any atom is 0.313 e. The highest BCUT2D eigenvalue weighted by atomic mass is 16.5. The molecule has 0 radical (unpaired) electrons. The molecule has 0 spiro atoms. The number of carbonyl (C=O) groups is 2. The molecule has 1 aromatic heterocycles. The molecule has 29 heavy (non-hydrogen) atoms. The third-order valence-electron chi connectivity index (χ3n) is 4.56. The van der Waals surface area contributed by atoms with Crippen molar-refractivity contribution in [1.82, 2.24) is 4.90 Å². The molecule has 0 amide bonds. The van der Waals surface area contributed by atoms with E-state index in [4.69, 9.17) is 13.9 Å². The van der Waals surface area contributed by atoms with Crippen molar-refractivity contribution in [3.63, 3.8) is 0 Å². The van der Waals surface area contributed by atoms with Crippen LogP contribution in [0.3, 0.4) is 0 Å². The second-order valence-electron chi connectivity index (χ2n) is 6.68. The number of Topliss-reactive ketones (excluding diaryl/α,β-unsaturated/α-hetero) is 1. The molecule has 1 unspecified atom stereocenters. The number of ketones is 1. The average molecular weight is 399 g/mol. The number of nitrogens with zero attached hydrogens (tertiary/aromatic N) is 1. The summed E-state index contributed by atoms with van der Waals surface area (Å²) in [6.45, 7) is 3.54. The number of benzene rings is 1. The fourth-order valence-corrected chi connectivity index (χ4v) is 2.98. The van der Waals surface area contributed by atoms with Crippen molar-refractivity contribution in [2.45, 2.75) is 12.5 Å². The quantitative estimate of drug-likeness (QED) is 0.364. The lowest BCUT2D eigenvalue weighted by atomic mass is 10.1. The Kier molecular flexibility index (Phi) is 7.61. The summed E-state index contributed by atoms with van der Waals surface area (Å²) in [4.78, 5) is 25.4. The molecule has 0 bridgehead atoms. The first-order chi connectivity index (χ1) is 14.1. The van der Waals surface area contributed by atoms with Gasteiger partial charge in [0.1, 0.15) is 30.6 Å². The molecule has 7 heteroatoms. The fraction of sp³-hybridized carbons (Fsp3) is 0.364. The van der Waals surface area contributed by atoms with Crippen LogP contribution in [-0.4, -0.2) is 62.7 Å². The molecular weight excluding hydrogens is 374 g/mol. The van der Waals surface area contributed by atoms with E-state index in [1.807, 2.05) is 18.2 Å². The molecule has 2 heterocycles. The third-order valence-corrected chi connectivity index (χ3v) is 4.56. The zero-order valence-corrected chi connectivity index (χ0v) is 16.4. The monoisotopic (exact) mass is 399 g/mol. The summed E-state index contributed by atoms with van der Waals surface area (Å²) in [5.74, 6) is 0.662. The summed E-state index contributed by atoms with van der Waals surface area (Å²) in [7, 11) is 1.26.